The van der Waals surface area contributed by atoms with Crippen molar-refractivity contribution in [2.45, 2.75) is 18.6 Å². The fraction of sp³-hybridized carbons (Fsp3) is 0.818. The first-order chi connectivity index (χ1) is 8.70. The number of rotatable bonds is 1. The molecule has 0 aromatic carbocycles. The van der Waals surface area contributed by atoms with Crippen molar-refractivity contribution in [2.24, 2.45) is 35.3 Å². The molecule has 19 heavy (non-hydrogen) atoms. The number of carboxylic acids is 1. The van der Waals surface area contributed by atoms with Crippen molar-refractivity contribution in [1.82, 2.24) is 0 Å². The number of alkyl halides is 3. The molecule has 6 atom stereocenters. The molecule has 0 heterocycles. The van der Waals surface area contributed by atoms with Crippen LogP contribution in [0.1, 0.15) is 6.42 Å². The minimum absolute atomic E-state index is 0.0250. The molecule has 3 N–H and O–H groups in total. The zero-order valence-corrected chi connectivity index (χ0v) is 10.1. The number of ether oxygens (including phenoxy) is 1. The average molecular weight is 281 g/mol. The summed E-state index contributed by atoms with van der Waals surface area (Å²) in [4.78, 5) is 20.3. The van der Waals surface area contributed by atoms with E-state index >= 15 is 0 Å². The molecule has 0 aromatic heterocycles. The first-order valence-electron chi connectivity index (χ1n) is 5.83. The van der Waals surface area contributed by atoms with Gasteiger partial charge in [0.15, 0.2) is 0 Å². The largest absolute Gasteiger partial charge is 0.490 e. The van der Waals surface area contributed by atoms with Crippen molar-refractivity contribution in [3.63, 3.8) is 0 Å². The quantitative estimate of drug-likeness (QED) is 0.688. The predicted molar refractivity (Wildman–Crippen MR) is 55.7 cm³/mol. The molecule has 4 rings (SSSR count). The predicted octanol–water partition coefficient (Wildman–Crippen LogP) is 0.632. The molecule has 0 radical (unpaired) electrons. The van der Waals surface area contributed by atoms with Crippen LogP contribution in [0.15, 0.2) is 0 Å². The molecule has 4 fully saturated rings. The lowest BCUT2D eigenvalue weighted by Crippen LogP contribution is -2.29. The molecule has 0 aromatic rings. The van der Waals surface area contributed by atoms with Gasteiger partial charge in [-0.3, -0.25) is 4.79 Å². The molecule has 108 valence electrons. The number of hydrogen-bond donors (Lipinski definition) is 2. The zero-order valence-electron chi connectivity index (χ0n) is 10.1. The van der Waals surface area contributed by atoms with Gasteiger partial charge in [-0.05, 0) is 30.1 Å². The summed E-state index contributed by atoms with van der Waals surface area (Å²) < 4.78 is 36.5. The number of halogens is 3. The van der Waals surface area contributed by atoms with Crippen LogP contribution < -0.4 is 5.73 Å². The van der Waals surface area contributed by atoms with Gasteiger partial charge in [0, 0.05) is 6.04 Å². The van der Waals surface area contributed by atoms with Gasteiger partial charge in [0.05, 0.1) is 13.0 Å². The van der Waals surface area contributed by atoms with E-state index in [1.165, 1.54) is 13.5 Å². The summed E-state index contributed by atoms with van der Waals surface area (Å²) >= 11 is 0. The van der Waals surface area contributed by atoms with E-state index in [4.69, 9.17) is 20.4 Å². The van der Waals surface area contributed by atoms with Crippen molar-refractivity contribution >= 4 is 11.9 Å². The Kier molecular flexibility index (Phi) is 3.24. The normalized spacial score (nSPS) is 41.3. The maximum atomic E-state index is 11.4. The van der Waals surface area contributed by atoms with Crippen LogP contribution in [0.5, 0.6) is 0 Å². The molecule has 5 nitrogen and oxygen atoms in total. The van der Waals surface area contributed by atoms with E-state index < -0.39 is 12.1 Å². The van der Waals surface area contributed by atoms with E-state index in [2.05, 4.69) is 0 Å². The molecule has 4 aliphatic carbocycles. The molecule has 8 heteroatoms. The smallest absolute Gasteiger partial charge is 0.475 e. The summed E-state index contributed by atoms with van der Waals surface area (Å²) in [6, 6.07) is 0.295. The molecule has 0 spiro atoms. The summed E-state index contributed by atoms with van der Waals surface area (Å²) in [5.74, 6) is -0.154. The second-order valence-corrected chi connectivity index (χ2v) is 5.15. The highest BCUT2D eigenvalue weighted by Gasteiger charge is 2.74. The van der Waals surface area contributed by atoms with E-state index in [0.29, 0.717) is 23.8 Å². The van der Waals surface area contributed by atoms with Crippen molar-refractivity contribution < 1.29 is 32.6 Å². The molecule has 0 aliphatic heterocycles. The van der Waals surface area contributed by atoms with Crippen LogP contribution in [0.3, 0.4) is 0 Å². The average Bonchev–Trinajstić information content (AvgIpc) is 2.61. The van der Waals surface area contributed by atoms with Crippen LogP contribution in [-0.4, -0.2) is 36.4 Å². The van der Waals surface area contributed by atoms with E-state index in [-0.39, 0.29) is 11.9 Å². The summed E-state index contributed by atoms with van der Waals surface area (Å²) in [6.07, 6.45) is -3.91. The van der Waals surface area contributed by atoms with E-state index in [1.807, 2.05) is 0 Å². The van der Waals surface area contributed by atoms with Crippen LogP contribution >= 0.6 is 0 Å². The van der Waals surface area contributed by atoms with Gasteiger partial charge in [0.25, 0.3) is 0 Å². The molecular weight excluding hydrogens is 267 g/mol. The lowest BCUT2D eigenvalue weighted by molar-refractivity contribution is -0.192. The zero-order chi connectivity index (χ0) is 14.5. The number of carbonyl (C=O) groups excluding carboxylic acids is 1. The summed E-state index contributed by atoms with van der Waals surface area (Å²) in [5.41, 5.74) is 5.98. The lowest BCUT2D eigenvalue weighted by atomic mass is 9.96. The summed E-state index contributed by atoms with van der Waals surface area (Å²) in [5, 5.41) is 7.12. The number of nitrogens with two attached hydrogens (primary N) is 1. The van der Waals surface area contributed by atoms with Crippen LogP contribution in [0.25, 0.3) is 0 Å². The van der Waals surface area contributed by atoms with E-state index in [1.54, 1.807) is 0 Å². The van der Waals surface area contributed by atoms with Gasteiger partial charge in [-0.15, -0.1) is 0 Å². The number of methoxy groups -OCH3 is 1. The van der Waals surface area contributed by atoms with Crippen molar-refractivity contribution in [3.05, 3.63) is 0 Å². The van der Waals surface area contributed by atoms with Crippen LogP contribution in [-0.2, 0) is 14.3 Å². The third-order valence-corrected chi connectivity index (χ3v) is 4.37. The second-order valence-electron chi connectivity index (χ2n) is 5.15. The molecule has 4 aliphatic rings. The van der Waals surface area contributed by atoms with Crippen molar-refractivity contribution in [1.29, 1.82) is 0 Å². The Morgan fingerprint density at radius 3 is 2.00 bits per heavy atom. The molecule has 0 saturated heterocycles. The van der Waals surface area contributed by atoms with Gasteiger partial charge >= 0.3 is 18.1 Å². The maximum Gasteiger partial charge on any atom is 0.490 e. The standard InChI is InChI=1S/C9H13NO2.C2HF3O2/c1-12-9(11)7-4-2-3-5(7)6(3)8(4)10;3-2(4,5)1(6)7/h3-8H,2,10H2,1H3;(H,6,7)/t3?,4-,5?,6?,7+,8?;/m1./s1. The molecule has 4 bridgehead atoms. The highest BCUT2D eigenvalue weighted by Crippen LogP contribution is 2.72. The minimum Gasteiger partial charge on any atom is -0.475 e. The lowest BCUT2D eigenvalue weighted by Gasteiger charge is -2.14. The third kappa shape index (κ3) is 2.18. The molecule has 4 unspecified atom stereocenters. The van der Waals surface area contributed by atoms with Crippen LogP contribution in [0.4, 0.5) is 13.2 Å². The maximum absolute atomic E-state index is 11.4. The highest BCUT2D eigenvalue weighted by molar-refractivity contribution is 5.75. The minimum atomic E-state index is -5.08. The fourth-order valence-electron chi connectivity index (χ4n) is 3.69. The Morgan fingerprint density at radius 1 is 1.26 bits per heavy atom. The number of aliphatic carboxylic acids is 1. The van der Waals surface area contributed by atoms with Gasteiger partial charge < -0.3 is 15.6 Å². The first-order valence-corrected chi connectivity index (χ1v) is 5.83. The van der Waals surface area contributed by atoms with Crippen LogP contribution in [0.2, 0.25) is 0 Å². The third-order valence-electron chi connectivity index (χ3n) is 4.37. The second kappa shape index (κ2) is 4.36. The number of esters is 1. The van der Waals surface area contributed by atoms with Gasteiger partial charge in [-0.1, -0.05) is 0 Å². The van der Waals surface area contributed by atoms with Crippen LogP contribution in [0, 0.1) is 29.6 Å². The van der Waals surface area contributed by atoms with Gasteiger partial charge in [0.2, 0.25) is 0 Å². The van der Waals surface area contributed by atoms with Crippen molar-refractivity contribution in [2.75, 3.05) is 7.11 Å². The fourth-order valence-corrected chi connectivity index (χ4v) is 3.69. The van der Waals surface area contributed by atoms with Crippen molar-refractivity contribution in [3.8, 4) is 0 Å². The van der Waals surface area contributed by atoms with Gasteiger partial charge in [-0.25, -0.2) is 4.79 Å². The van der Waals surface area contributed by atoms with Gasteiger partial charge in [-0.2, -0.15) is 13.2 Å². The topological polar surface area (TPSA) is 89.6 Å². The molecular formula is C11H14F3NO4. The Hall–Kier alpha value is -1.31. The Bertz CT molecular complexity index is 411. The first kappa shape index (κ1) is 14.1. The molecule has 4 saturated carbocycles. The number of hydrogen-bond acceptors (Lipinski definition) is 4. The SMILES string of the molecule is COC(=O)[C@@H]1C2C3C[C@H]1C(N)C32.O=C(O)C(F)(F)F. The van der Waals surface area contributed by atoms with E-state index in [9.17, 15) is 18.0 Å². The molecule has 0 amide bonds. The highest BCUT2D eigenvalue weighted by atomic mass is 19.4. The Morgan fingerprint density at radius 2 is 1.79 bits per heavy atom. The van der Waals surface area contributed by atoms with Gasteiger partial charge in [0.1, 0.15) is 0 Å². The summed E-state index contributed by atoms with van der Waals surface area (Å²) in [7, 11) is 1.47. The van der Waals surface area contributed by atoms with E-state index in [0.717, 1.165) is 5.92 Å². The summed E-state index contributed by atoms with van der Waals surface area (Å²) in [6.45, 7) is 0. The number of carbonyl (C=O) groups is 2. The number of carboxylic acid groups (broad SMARTS) is 1. The Balaban J connectivity index is 0.000000167. The monoisotopic (exact) mass is 281 g/mol. The Labute approximate surface area is 106 Å².